The molecular weight excluding hydrogens is 368 g/mol. The van der Waals surface area contributed by atoms with Crippen LogP contribution in [0.4, 0.5) is 5.13 Å². The van der Waals surface area contributed by atoms with Crippen molar-refractivity contribution in [1.82, 2.24) is 4.98 Å². The predicted molar refractivity (Wildman–Crippen MR) is 115 cm³/mol. The second-order valence-corrected chi connectivity index (χ2v) is 7.92. The van der Waals surface area contributed by atoms with Crippen molar-refractivity contribution in [2.75, 3.05) is 5.32 Å². The van der Waals surface area contributed by atoms with Gasteiger partial charge in [0.2, 0.25) is 5.91 Å². The molecule has 0 spiro atoms. The Morgan fingerprint density at radius 1 is 1.11 bits per heavy atom. The molecule has 0 radical (unpaired) electrons. The average Bonchev–Trinajstić information content (AvgIpc) is 3.28. The minimum atomic E-state index is -0.229. The summed E-state index contributed by atoms with van der Waals surface area (Å²) in [6.45, 7) is 4.09. The van der Waals surface area contributed by atoms with E-state index in [1.165, 1.54) is 28.5 Å². The Labute approximate surface area is 167 Å². The highest BCUT2D eigenvalue weighted by atomic mass is 32.1. The number of furan rings is 1. The molecule has 0 unspecified atom stereocenters. The number of anilines is 1. The van der Waals surface area contributed by atoms with Gasteiger partial charge in [0, 0.05) is 29.0 Å². The summed E-state index contributed by atoms with van der Waals surface area (Å²) >= 11 is 1.49. The lowest BCUT2D eigenvalue weighted by molar-refractivity contribution is -0.111. The summed E-state index contributed by atoms with van der Waals surface area (Å²) in [6, 6.07) is 16.4. The fourth-order valence-electron chi connectivity index (χ4n) is 2.90. The first-order chi connectivity index (χ1) is 13.5. The molecule has 0 aliphatic heterocycles. The van der Waals surface area contributed by atoms with Gasteiger partial charge in [-0.1, -0.05) is 42.0 Å². The molecule has 1 amide bonds. The van der Waals surface area contributed by atoms with E-state index in [1.807, 2.05) is 37.4 Å². The van der Waals surface area contributed by atoms with Crippen LogP contribution >= 0.6 is 11.3 Å². The van der Waals surface area contributed by atoms with Crippen LogP contribution < -0.4 is 5.32 Å². The van der Waals surface area contributed by atoms with Gasteiger partial charge in [0.15, 0.2) is 5.13 Å². The van der Waals surface area contributed by atoms with Crippen molar-refractivity contribution < 1.29 is 9.21 Å². The summed E-state index contributed by atoms with van der Waals surface area (Å²) in [5.41, 5.74) is 4.43. The number of fused-ring (bicyclic) bond motifs is 1. The molecule has 4 nitrogen and oxygen atoms in total. The monoisotopic (exact) mass is 388 g/mol. The van der Waals surface area contributed by atoms with Gasteiger partial charge in [-0.05, 0) is 43.2 Å². The van der Waals surface area contributed by atoms with Gasteiger partial charge >= 0.3 is 0 Å². The van der Waals surface area contributed by atoms with Crippen LogP contribution in [0.25, 0.3) is 17.0 Å². The lowest BCUT2D eigenvalue weighted by Gasteiger charge is -1.99. The third kappa shape index (κ3) is 4.38. The number of benzene rings is 2. The Morgan fingerprint density at radius 3 is 2.71 bits per heavy atom. The number of carbonyl (C=O) groups excluding carboxylic acids is 1. The van der Waals surface area contributed by atoms with E-state index in [0.29, 0.717) is 10.9 Å². The molecule has 2 aromatic carbocycles. The summed E-state index contributed by atoms with van der Waals surface area (Å²) in [5.74, 6) is 0.419. The predicted octanol–water partition coefficient (Wildman–Crippen LogP) is 5.75. The molecule has 140 valence electrons. The fourth-order valence-corrected chi connectivity index (χ4v) is 3.75. The second kappa shape index (κ2) is 7.82. The largest absolute Gasteiger partial charge is 0.457 e. The van der Waals surface area contributed by atoms with Gasteiger partial charge in [0.25, 0.3) is 0 Å². The SMILES string of the molecule is Cc1ccc(Cc2cnc(NC(=O)C=Cc3cc4ccc(C)cc4o3)s2)cc1. The topological polar surface area (TPSA) is 55.1 Å². The van der Waals surface area contributed by atoms with Crippen LogP contribution in [0.5, 0.6) is 0 Å². The van der Waals surface area contributed by atoms with Crippen LogP contribution in [-0.4, -0.2) is 10.9 Å². The lowest BCUT2D eigenvalue weighted by atomic mass is 10.1. The number of nitrogens with zero attached hydrogens (tertiary/aromatic N) is 1. The number of hydrogen-bond acceptors (Lipinski definition) is 4. The third-order valence-electron chi connectivity index (χ3n) is 4.38. The summed E-state index contributed by atoms with van der Waals surface area (Å²) in [4.78, 5) is 17.6. The number of amides is 1. The maximum absolute atomic E-state index is 12.2. The molecule has 0 bridgehead atoms. The van der Waals surface area contributed by atoms with Crippen LogP contribution in [0, 0.1) is 13.8 Å². The zero-order valence-electron chi connectivity index (χ0n) is 15.7. The molecule has 4 aromatic rings. The average molecular weight is 388 g/mol. The van der Waals surface area contributed by atoms with Crippen molar-refractivity contribution in [3.63, 3.8) is 0 Å². The Balaban J connectivity index is 1.38. The summed E-state index contributed by atoms with van der Waals surface area (Å²) in [7, 11) is 0. The normalized spacial score (nSPS) is 11.4. The number of aromatic nitrogens is 1. The minimum Gasteiger partial charge on any atom is -0.457 e. The van der Waals surface area contributed by atoms with Crippen molar-refractivity contribution >= 4 is 39.4 Å². The molecule has 0 aliphatic rings. The molecule has 28 heavy (non-hydrogen) atoms. The summed E-state index contributed by atoms with van der Waals surface area (Å²) < 4.78 is 5.75. The van der Waals surface area contributed by atoms with E-state index in [-0.39, 0.29) is 5.91 Å². The van der Waals surface area contributed by atoms with Crippen LogP contribution in [0.15, 0.2) is 65.2 Å². The van der Waals surface area contributed by atoms with Crippen LogP contribution in [-0.2, 0) is 11.2 Å². The van der Waals surface area contributed by atoms with E-state index in [0.717, 1.165) is 27.8 Å². The molecule has 2 aromatic heterocycles. The minimum absolute atomic E-state index is 0.229. The molecule has 0 aliphatic carbocycles. The lowest BCUT2D eigenvalue weighted by Crippen LogP contribution is -2.06. The molecule has 0 saturated heterocycles. The number of hydrogen-bond donors (Lipinski definition) is 1. The Bertz CT molecular complexity index is 1150. The molecule has 0 saturated carbocycles. The van der Waals surface area contributed by atoms with Gasteiger partial charge in [0.1, 0.15) is 11.3 Å². The van der Waals surface area contributed by atoms with Crippen molar-refractivity contribution in [2.24, 2.45) is 0 Å². The molecule has 0 fully saturated rings. The van der Waals surface area contributed by atoms with Gasteiger partial charge in [0.05, 0.1) is 0 Å². The smallest absolute Gasteiger partial charge is 0.250 e. The van der Waals surface area contributed by atoms with E-state index >= 15 is 0 Å². The van der Waals surface area contributed by atoms with Crippen LogP contribution in [0.3, 0.4) is 0 Å². The zero-order chi connectivity index (χ0) is 19.5. The van der Waals surface area contributed by atoms with Crippen molar-refractivity contribution in [1.29, 1.82) is 0 Å². The van der Waals surface area contributed by atoms with Crippen molar-refractivity contribution in [3.8, 4) is 0 Å². The van der Waals surface area contributed by atoms with Gasteiger partial charge < -0.3 is 4.42 Å². The standard InChI is InChI=1S/C23H20N2O2S/c1-15-3-6-17(7-4-15)12-20-14-24-23(28-20)25-22(26)10-9-19-13-18-8-5-16(2)11-21(18)27-19/h3-11,13-14H,12H2,1-2H3,(H,24,25,26). The Kier molecular flexibility index (Phi) is 5.08. The van der Waals surface area contributed by atoms with E-state index < -0.39 is 0 Å². The van der Waals surface area contributed by atoms with Gasteiger partial charge in [-0.15, -0.1) is 11.3 Å². The van der Waals surface area contributed by atoms with Crippen LogP contribution in [0.1, 0.15) is 27.3 Å². The second-order valence-electron chi connectivity index (χ2n) is 6.81. The number of nitrogens with one attached hydrogen (secondary N) is 1. The molecule has 5 heteroatoms. The molecule has 1 N–H and O–H groups in total. The first kappa shape index (κ1) is 18.2. The summed E-state index contributed by atoms with van der Waals surface area (Å²) in [6.07, 6.45) is 5.75. The van der Waals surface area contributed by atoms with E-state index in [1.54, 1.807) is 6.08 Å². The van der Waals surface area contributed by atoms with E-state index in [9.17, 15) is 4.79 Å². The van der Waals surface area contributed by atoms with Gasteiger partial charge in [-0.25, -0.2) is 4.98 Å². The van der Waals surface area contributed by atoms with Crippen molar-refractivity contribution in [2.45, 2.75) is 20.3 Å². The van der Waals surface area contributed by atoms with Crippen molar-refractivity contribution in [3.05, 3.63) is 88.1 Å². The number of rotatable bonds is 5. The number of aryl methyl sites for hydroxylation is 2. The molecule has 0 atom stereocenters. The van der Waals surface area contributed by atoms with E-state index in [2.05, 4.69) is 41.5 Å². The van der Waals surface area contributed by atoms with Crippen LogP contribution in [0.2, 0.25) is 0 Å². The molecule has 4 rings (SSSR count). The fraction of sp³-hybridized carbons (Fsp3) is 0.130. The summed E-state index contributed by atoms with van der Waals surface area (Å²) in [5, 5.41) is 4.42. The first-order valence-corrected chi connectivity index (χ1v) is 9.86. The first-order valence-electron chi connectivity index (χ1n) is 9.05. The molecular formula is C23H20N2O2S. The Hall–Kier alpha value is -3.18. The Morgan fingerprint density at radius 2 is 1.89 bits per heavy atom. The number of carbonyl (C=O) groups is 1. The zero-order valence-corrected chi connectivity index (χ0v) is 16.5. The highest BCUT2D eigenvalue weighted by Gasteiger charge is 2.06. The maximum atomic E-state index is 12.2. The van der Waals surface area contributed by atoms with Gasteiger partial charge in [-0.3, -0.25) is 10.1 Å². The highest BCUT2D eigenvalue weighted by molar-refractivity contribution is 7.15. The third-order valence-corrected chi connectivity index (χ3v) is 5.29. The van der Waals surface area contributed by atoms with Gasteiger partial charge in [-0.2, -0.15) is 0 Å². The molecule has 2 heterocycles. The van der Waals surface area contributed by atoms with E-state index in [4.69, 9.17) is 4.42 Å². The quantitative estimate of drug-likeness (QED) is 0.443. The number of thiazole rings is 1. The highest BCUT2D eigenvalue weighted by Crippen LogP contribution is 2.23. The maximum Gasteiger partial charge on any atom is 0.250 e.